The van der Waals surface area contributed by atoms with E-state index in [9.17, 15) is 8.42 Å². The lowest BCUT2D eigenvalue weighted by atomic mass is 9.97. The highest BCUT2D eigenvalue weighted by molar-refractivity contribution is 7.93. The summed E-state index contributed by atoms with van der Waals surface area (Å²) in [6.07, 6.45) is 6.86. The minimum atomic E-state index is -4.03. The van der Waals surface area contributed by atoms with Crippen LogP contribution in [0.2, 0.25) is 0 Å². The van der Waals surface area contributed by atoms with Crippen molar-refractivity contribution in [3.63, 3.8) is 0 Å². The van der Waals surface area contributed by atoms with E-state index in [4.69, 9.17) is 15.0 Å². The van der Waals surface area contributed by atoms with E-state index in [-0.39, 0.29) is 10.7 Å². The molecule has 0 saturated heterocycles. The van der Waals surface area contributed by atoms with Crippen LogP contribution in [0.3, 0.4) is 0 Å². The molecule has 184 valence electrons. The van der Waals surface area contributed by atoms with Crippen LogP contribution in [0.25, 0.3) is 21.9 Å². The van der Waals surface area contributed by atoms with Gasteiger partial charge in [0.05, 0.1) is 24.9 Å². The number of rotatable bonds is 6. The van der Waals surface area contributed by atoms with Gasteiger partial charge in [-0.1, -0.05) is 11.2 Å². The van der Waals surface area contributed by atoms with Crippen LogP contribution < -0.4 is 15.2 Å². The Kier molecular flexibility index (Phi) is 5.38. The smallest absolute Gasteiger partial charge is 0.265 e. The Bertz CT molecular complexity index is 1720. The maximum absolute atomic E-state index is 13.5. The molecule has 5 aromatic rings. The number of nitrogens with two attached hydrogens (primary N) is 1. The molecule has 2 aromatic carbocycles. The lowest BCUT2D eigenvalue weighted by Crippen LogP contribution is -2.16. The zero-order chi connectivity index (χ0) is 24.9. The number of nitrogens with zero attached hydrogens (tertiary/aromatic N) is 4. The van der Waals surface area contributed by atoms with Crippen molar-refractivity contribution < 1.29 is 17.7 Å². The Hall–Kier alpha value is -3.96. The van der Waals surface area contributed by atoms with Gasteiger partial charge in [0, 0.05) is 35.5 Å². The molecule has 0 saturated carbocycles. The van der Waals surface area contributed by atoms with E-state index < -0.39 is 10.0 Å². The maximum atomic E-state index is 13.5. The molecule has 3 N–H and O–H groups in total. The quantitative estimate of drug-likeness (QED) is 0.358. The van der Waals surface area contributed by atoms with Gasteiger partial charge in [-0.15, -0.1) is 0 Å². The van der Waals surface area contributed by atoms with Crippen LogP contribution >= 0.6 is 0 Å². The van der Waals surface area contributed by atoms with Crippen molar-refractivity contribution >= 4 is 37.7 Å². The summed E-state index contributed by atoms with van der Waals surface area (Å²) in [6.45, 7) is 3.29. The van der Waals surface area contributed by atoms with E-state index in [1.165, 1.54) is 0 Å². The molecule has 0 aliphatic carbocycles. The van der Waals surface area contributed by atoms with Crippen LogP contribution in [0.5, 0.6) is 5.75 Å². The number of benzene rings is 2. The van der Waals surface area contributed by atoms with Gasteiger partial charge in [0.1, 0.15) is 16.0 Å². The average molecular weight is 505 g/mol. The van der Waals surface area contributed by atoms with Crippen LogP contribution in [0.1, 0.15) is 28.7 Å². The van der Waals surface area contributed by atoms with Gasteiger partial charge in [0.25, 0.3) is 10.0 Å². The first-order valence-electron chi connectivity index (χ1n) is 11.6. The summed E-state index contributed by atoms with van der Waals surface area (Å²) in [4.78, 5) is 4.38. The van der Waals surface area contributed by atoms with Crippen molar-refractivity contribution in [2.75, 3.05) is 11.3 Å². The van der Waals surface area contributed by atoms with Crippen molar-refractivity contribution in [1.82, 2.24) is 19.9 Å². The third-order valence-corrected chi connectivity index (χ3v) is 7.67. The Balaban J connectivity index is 1.44. The van der Waals surface area contributed by atoms with E-state index in [0.29, 0.717) is 41.9 Å². The molecule has 0 amide bonds. The SMILES string of the molecule is Cc1cc(S(=O)(=O)Nc2noc3cc(Cn4cc(CN)cn4)c4c(c23)OCCC4)c2ncccc2c1. The molecule has 6 rings (SSSR count). The molecule has 3 aromatic heterocycles. The molecule has 0 fully saturated rings. The second-order valence-corrected chi connectivity index (χ2v) is 10.5. The number of anilines is 1. The van der Waals surface area contributed by atoms with Crippen molar-refractivity contribution in [3.8, 4) is 5.75 Å². The zero-order valence-corrected chi connectivity index (χ0v) is 20.4. The lowest BCUT2D eigenvalue weighted by molar-refractivity contribution is 0.291. The van der Waals surface area contributed by atoms with Gasteiger partial charge in [0.2, 0.25) is 0 Å². The highest BCUT2D eigenvalue weighted by Crippen LogP contribution is 2.41. The number of sulfonamides is 1. The van der Waals surface area contributed by atoms with Gasteiger partial charge in [-0.3, -0.25) is 14.4 Å². The van der Waals surface area contributed by atoms with E-state index in [1.54, 1.807) is 24.5 Å². The molecule has 1 aliphatic rings. The van der Waals surface area contributed by atoms with Gasteiger partial charge in [0.15, 0.2) is 11.4 Å². The van der Waals surface area contributed by atoms with Crippen LogP contribution in [-0.2, 0) is 29.5 Å². The summed E-state index contributed by atoms with van der Waals surface area (Å²) in [5, 5.41) is 9.71. The number of fused-ring (bicyclic) bond motifs is 4. The molecule has 36 heavy (non-hydrogen) atoms. The molecule has 10 nitrogen and oxygen atoms in total. The van der Waals surface area contributed by atoms with Crippen molar-refractivity contribution in [1.29, 1.82) is 0 Å². The number of hydrogen-bond donors (Lipinski definition) is 2. The van der Waals surface area contributed by atoms with Crippen LogP contribution in [0.15, 0.2) is 58.3 Å². The van der Waals surface area contributed by atoms with Gasteiger partial charge in [-0.25, -0.2) is 8.42 Å². The molecule has 4 heterocycles. The fourth-order valence-corrected chi connectivity index (χ4v) is 5.96. The number of nitrogens with one attached hydrogen (secondary N) is 1. The molecular formula is C25H24N6O4S. The fraction of sp³-hybridized carbons (Fsp3) is 0.240. The summed E-state index contributed by atoms with van der Waals surface area (Å²) in [7, 11) is -4.03. The Morgan fingerprint density at radius 2 is 2.14 bits per heavy atom. The molecule has 11 heteroatoms. The first-order valence-corrected chi connectivity index (χ1v) is 13.1. The van der Waals surface area contributed by atoms with Gasteiger partial charge in [-0.2, -0.15) is 5.10 Å². The normalized spacial score (nSPS) is 13.6. The average Bonchev–Trinajstić information content (AvgIpc) is 3.50. The minimum absolute atomic E-state index is 0.0787. The van der Waals surface area contributed by atoms with Crippen LogP contribution in [0, 0.1) is 6.92 Å². The third-order valence-electron chi connectivity index (χ3n) is 6.32. The second kappa shape index (κ2) is 8.61. The summed E-state index contributed by atoms with van der Waals surface area (Å²) in [5.41, 5.74) is 10.3. The molecular weight excluding hydrogens is 480 g/mol. The maximum Gasteiger partial charge on any atom is 0.265 e. The summed E-state index contributed by atoms with van der Waals surface area (Å²) < 4.78 is 43.1. The summed E-state index contributed by atoms with van der Waals surface area (Å²) in [6, 6.07) is 8.99. The molecule has 0 unspecified atom stereocenters. The minimum Gasteiger partial charge on any atom is -0.492 e. The molecule has 0 spiro atoms. The first kappa shape index (κ1) is 22.5. The second-order valence-electron chi connectivity index (χ2n) is 8.89. The summed E-state index contributed by atoms with van der Waals surface area (Å²) in [5.74, 6) is 0.677. The zero-order valence-electron chi connectivity index (χ0n) is 19.6. The Morgan fingerprint density at radius 1 is 1.25 bits per heavy atom. The number of aryl methyl sites for hydroxylation is 1. The molecule has 1 aliphatic heterocycles. The van der Waals surface area contributed by atoms with Crippen molar-refractivity contribution in [3.05, 3.63) is 71.2 Å². The summed E-state index contributed by atoms with van der Waals surface area (Å²) >= 11 is 0. The highest BCUT2D eigenvalue weighted by Gasteiger charge is 2.27. The fourth-order valence-electron chi connectivity index (χ4n) is 4.69. The van der Waals surface area contributed by atoms with E-state index >= 15 is 0 Å². The first-order chi connectivity index (χ1) is 17.4. The standard InChI is InChI=1S/C25H24N6O4S/c1-15-8-17-4-2-6-27-23(17)21(9-15)36(32,33)30-25-22-20(35-29-25)10-18(19-5-3-7-34-24(19)22)14-31-13-16(11-26)12-28-31/h2,4,6,8-10,12-13H,3,5,7,11,14,26H2,1H3,(H,29,30). The number of pyridine rings is 1. The van der Waals surface area contributed by atoms with Gasteiger partial charge >= 0.3 is 0 Å². The highest BCUT2D eigenvalue weighted by atomic mass is 32.2. The number of hydrogen-bond acceptors (Lipinski definition) is 8. The topological polar surface area (TPSA) is 138 Å². The molecule has 0 radical (unpaired) electrons. The Labute approximate surface area is 207 Å². The third kappa shape index (κ3) is 3.86. The lowest BCUT2D eigenvalue weighted by Gasteiger charge is -2.21. The van der Waals surface area contributed by atoms with Crippen molar-refractivity contribution in [2.24, 2.45) is 5.73 Å². The van der Waals surface area contributed by atoms with E-state index in [1.807, 2.05) is 36.0 Å². The predicted molar refractivity (Wildman–Crippen MR) is 134 cm³/mol. The van der Waals surface area contributed by atoms with Crippen LogP contribution in [-0.4, -0.2) is 34.9 Å². The number of aromatic nitrogens is 4. The monoisotopic (exact) mass is 504 g/mol. The van der Waals surface area contributed by atoms with E-state index in [0.717, 1.165) is 40.5 Å². The van der Waals surface area contributed by atoms with Gasteiger partial charge in [-0.05, 0) is 55.2 Å². The van der Waals surface area contributed by atoms with Crippen LogP contribution in [0.4, 0.5) is 5.82 Å². The molecule has 0 bridgehead atoms. The van der Waals surface area contributed by atoms with Crippen molar-refractivity contribution in [2.45, 2.75) is 37.8 Å². The van der Waals surface area contributed by atoms with E-state index in [2.05, 4.69) is 20.0 Å². The number of ether oxygens (including phenoxy) is 1. The predicted octanol–water partition coefficient (Wildman–Crippen LogP) is 3.51. The Morgan fingerprint density at radius 3 is 2.97 bits per heavy atom. The largest absolute Gasteiger partial charge is 0.492 e. The molecule has 0 atom stereocenters. The van der Waals surface area contributed by atoms with Gasteiger partial charge < -0.3 is 15.0 Å².